The summed E-state index contributed by atoms with van der Waals surface area (Å²) in [7, 11) is 0. The summed E-state index contributed by atoms with van der Waals surface area (Å²) in [5, 5.41) is 3.45. The van der Waals surface area contributed by atoms with E-state index >= 15 is 0 Å². The molecule has 1 rings (SSSR count). The summed E-state index contributed by atoms with van der Waals surface area (Å²) in [5.74, 6) is 1.58. The Balaban J connectivity index is 2.54. The minimum absolute atomic E-state index is 0.138. The molecular weight excluding hydrogens is 210 g/mol. The van der Waals surface area contributed by atoms with E-state index in [0.717, 1.165) is 18.9 Å². The fourth-order valence-electron chi connectivity index (χ4n) is 1.64. The molecule has 17 heavy (non-hydrogen) atoms. The maximum atomic E-state index is 4.38. The molecule has 0 unspecified atom stereocenters. The fraction of sp³-hybridized carbons (Fsp3) is 0.643. The summed E-state index contributed by atoms with van der Waals surface area (Å²) < 4.78 is 2.18. The number of aromatic nitrogens is 2. The van der Waals surface area contributed by atoms with Gasteiger partial charge in [-0.1, -0.05) is 20.4 Å². The SMILES string of the molecule is C=C(CNC(C)(C)C)Cn1ccnc1C(C)C. The summed E-state index contributed by atoms with van der Waals surface area (Å²) in [6.07, 6.45) is 3.89. The highest BCUT2D eigenvalue weighted by Gasteiger charge is 2.11. The van der Waals surface area contributed by atoms with Crippen molar-refractivity contribution >= 4 is 0 Å². The van der Waals surface area contributed by atoms with Gasteiger partial charge in [-0.25, -0.2) is 4.98 Å². The van der Waals surface area contributed by atoms with Crippen molar-refractivity contribution in [3.05, 3.63) is 30.4 Å². The Hall–Kier alpha value is -1.09. The third-order valence-corrected chi connectivity index (χ3v) is 2.53. The number of hydrogen-bond acceptors (Lipinski definition) is 2. The number of imidazole rings is 1. The first-order chi connectivity index (χ1) is 7.79. The molecule has 3 nitrogen and oxygen atoms in total. The zero-order valence-electron chi connectivity index (χ0n) is 11.7. The minimum Gasteiger partial charge on any atom is -0.331 e. The van der Waals surface area contributed by atoms with Crippen molar-refractivity contribution in [3.8, 4) is 0 Å². The second kappa shape index (κ2) is 5.50. The molecule has 96 valence electrons. The van der Waals surface area contributed by atoms with Crippen molar-refractivity contribution in [2.45, 2.75) is 52.6 Å². The van der Waals surface area contributed by atoms with E-state index in [2.05, 4.69) is 56.1 Å². The second-order valence-electron chi connectivity index (χ2n) is 5.92. The molecule has 3 heteroatoms. The van der Waals surface area contributed by atoms with Gasteiger partial charge in [-0.2, -0.15) is 0 Å². The predicted molar refractivity (Wildman–Crippen MR) is 73.2 cm³/mol. The minimum atomic E-state index is 0.138. The standard InChI is InChI=1S/C14H25N3/c1-11(2)13-15-7-8-17(13)10-12(3)9-16-14(4,5)6/h7-8,11,16H,3,9-10H2,1-2,4-6H3. The maximum Gasteiger partial charge on any atom is 0.111 e. The summed E-state index contributed by atoms with van der Waals surface area (Å²) in [4.78, 5) is 4.38. The Labute approximate surface area is 105 Å². The molecule has 0 radical (unpaired) electrons. The van der Waals surface area contributed by atoms with Crippen LogP contribution in [0, 0.1) is 0 Å². The van der Waals surface area contributed by atoms with E-state index in [-0.39, 0.29) is 5.54 Å². The van der Waals surface area contributed by atoms with E-state index in [1.807, 2.05) is 12.4 Å². The zero-order chi connectivity index (χ0) is 13.1. The van der Waals surface area contributed by atoms with Crippen LogP contribution in [0.25, 0.3) is 0 Å². The molecule has 1 heterocycles. The van der Waals surface area contributed by atoms with Gasteiger partial charge in [-0.15, -0.1) is 0 Å². The lowest BCUT2D eigenvalue weighted by Crippen LogP contribution is -2.37. The molecule has 0 aliphatic heterocycles. The van der Waals surface area contributed by atoms with Crippen molar-refractivity contribution < 1.29 is 0 Å². The molecule has 0 atom stereocenters. The highest BCUT2D eigenvalue weighted by Crippen LogP contribution is 2.13. The third-order valence-electron chi connectivity index (χ3n) is 2.53. The smallest absolute Gasteiger partial charge is 0.111 e. The zero-order valence-corrected chi connectivity index (χ0v) is 11.7. The van der Waals surface area contributed by atoms with Gasteiger partial charge in [0.25, 0.3) is 0 Å². The van der Waals surface area contributed by atoms with Crippen molar-refractivity contribution in [3.63, 3.8) is 0 Å². The largest absolute Gasteiger partial charge is 0.331 e. The van der Waals surface area contributed by atoms with Gasteiger partial charge in [0.1, 0.15) is 5.82 Å². The van der Waals surface area contributed by atoms with E-state index in [1.54, 1.807) is 0 Å². The highest BCUT2D eigenvalue weighted by atomic mass is 15.1. The van der Waals surface area contributed by atoms with E-state index < -0.39 is 0 Å². The molecule has 0 bridgehead atoms. The summed E-state index contributed by atoms with van der Waals surface area (Å²) >= 11 is 0. The average Bonchev–Trinajstić information content (AvgIpc) is 2.62. The molecule has 0 fully saturated rings. The van der Waals surface area contributed by atoms with Gasteiger partial charge in [0.15, 0.2) is 0 Å². The van der Waals surface area contributed by atoms with Crippen LogP contribution < -0.4 is 5.32 Å². The van der Waals surface area contributed by atoms with E-state index in [0.29, 0.717) is 5.92 Å². The van der Waals surface area contributed by atoms with E-state index in [4.69, 9.17) is 0 Å². The molecule has 0 saturated carbocycles. The Morgan fingerprint density at radius 2 is 2.12 bits per heavy atom. The van der Waals surface area contributed by atoms with Crippen LogP contribution in [0.1, 0.15) is 46.4 Å². The van der Waals surface area contributed by atoms with Crippen LogP contribution in [0.2, 0.25) is 0 Å². The molecule has 0 aromatic carbocycles. The van der Waals surface area contributed by atoms with Crippen molar-refractivity contribution in [2.24, 2.45) is 0 Å². The quantitative estimate of drug-likeness (QED) is 0.795. The van der Waals surface area contributed by atoms with Gasteiger partial charge in [-0.05, 0) is 26.3 Å². The Morgan fingerprint density at radius 3 is 2.65 bits per heavy atom. The molecule has 0 aliphatic carbocycles. The van der Waals surface area contributed by atoms with Crippen molar-refractivity contribution in [1.82, 2.24) is 14.9 Å². The monoisotopic (exact) mass is 235 g/mol. The van der Waals surface area contributed by atoms with Crippen molar-refractivity contribution in [1.29, 1.82) is 0 Å². The average molecular weight is 235 g/mol. The highest BCUT2D eigenvalue weighted by molar-refractivity contribution is 5.05. The number of rotatable bonds is 5. The van der Waals surface area contributed by atoms with Gasteiger partial charge >= 0.3 is 0 Å². The fourth-order valence-corrected chi connectivity index (χ4v) is 1.64. The Bertz CT molecular complexity index is 369. The van der Waals surface area contributed by atoms with Crippen LogP contribution in [-0.4, -0.2) is 21.6 Å². The topological polar surface area (TPSA) is 29.9 Å². The molecule has 1 aromatic rings. The van der Waals surface area contributed by atoms with Crippen LogP contribution in [0.5, 0.6) is 0 Å². The van der Waals surface area contributed by atoms with Gasteiger partial charge in [0.05, 0.1) is 0 Å². The maximum absolute atomic E-state index is 4.38. The molecule has 0 amide bonds. The predicted octanol–water partition coefficient (Wildman–Crippen LogP) is 2.95. The molecule has 1 N–H and O–H groups in total. The Kier molecular flexibility index (Phi) is 4.52. The number of hydrogen-bond donors (Lipinski definition) is 1. The molecule has 0 aliphatic rings. The number of nitrogens with zero attached hydrogens (tertiary/aromatic N) is 2. The van der Waals surface area contributed by atoms with Crippen LogP contribution >= 0.6 is 0 Å². The number of nitrogens with one attached hydrogen (secondary N) is 1. The molecule has 1 aromatic heterocycles. The first kappa shape index (κ1) is 14.0. The van der Waals surface area contributed by atoms with Crippen LogP contribution in [0.3, 0.4) is 0 Å². The van der Waals surface area contributed by atoms with Gasteiger partial charge in [0.2, 0.25) is 0 Å². The lowest BCUT2D eigenvalue weighted by Gasteiger charge is -2.22. The van der Waals surface area contributed by atoms with Gasteiger partial charge in [-0.3, -0.25) is 0 Å². The summed E-state index contributed by atoms with van der Waals surface area (Å²) in [6, 6.07) is 0. The van der Waals surface area contributed by atoms with E-state index in [1.165, 1.54) is 5.57 Å². The van der Waals surface area contributed by atoms with Gasteiger partial charge in [0, 0.05) is 36.9 Å². The lowest BCUT2D eigenvalue weighted by atomic mass is 10.1. The Morgan fingerprint density at radius 1 is 1.47 bits per heavy atom. The second-order valence-corrected chi connectivity index (χ2v) is 5.92. The molecular formula is C14H25N3. The normalized spacial score (nSPS) is 12.1. The molecule has 0 saturated heterocycles. The van der Waals surface area contributed by atoms with Crippen LogP contribution in [-0.2, 0) is 6.54 Å². The first-order valence-electron chi connectivity index (χ1n) is 6.22. The first-order valence-corrected chi connectivity index (χ1v) is 6.22. The van der Waals surface area contributed by atoms with Gasteiger partial charge < -0.3 is 9.88 Å². The summed E-state index contributed by atoms with van der Waals surface area (Å²) in [6.45, 7) is 16.6. The van der Waals surface area contributed by atoms with Crippen molar-refractivity contribution in [2.75, 3.05) is 6.54 Å². The third kappa shape index (κ3) is 4.73. The van der Waals surface area contributed by atoms with E-state index in [9.17, 15) is 0 Å². The summed E-state index contributed by atoms with van der Waals surface area (Å²) in [5.41, 5.74) is 1.32. The lowest BCUT2D eigenvalue weighted by molar-refractivity contribution is 0.439. The van der Waals surface area contributed by atoms with Crippen LogP contribution in [0.4, 0.5) is 0 Å². The molecule has 0 spiro atoms. The van der Waals surface area contributed by atoms with Crippen LogP contribution in [0.15, 0.2) is 24.5 Å².